The molecule has 2 rings (SSSR count). The zero-order valence-corrected chi connectivity index (χ0v) is 6.55. The van der Waals surface area contributed by atoms with Crippen LogP contribution in [0.15, 0.2) is 0 Å². The van der Waals surface area contributed by atoms with Crippen LogP contribution in [0, 0.1) is 0 Å². The second-order valence-electron chi connectivity index (χ2n) is 2.82. The van der Waals surface area contributed by atoms with Crippen molar-refractivity contribution in [3.63, 3.8) is 0 Å². The molecular formula is C7H10N4O. The number of amides is 1. The average molecular weight is 166 g/mol. The molecule has 0 saturated carbocycles. The average Bonchev–Trinajstić information content (AvgIpc) is 2.30. The molecule has 0 saturated heterocycles. The van der Waals surface area contributed by atoms with E-state index in [9.17, 15) is 4.79 Å². The molecule has 0 radical (unpaired) electrons. The molecule has 4 N–H and O–H groups in total. The van der Waals surface area contributed by atoms with E-state index in [-0.39, 0.29) is 5.91 Å². The molecule has 1 aliphatic heterocycles. The molecule has 0 aromatic carbocycles. The van der Waals surface area contributed by atoms with Gasteiger partial charge in [-0.25, -0.2) is 0 Å². The lowest BCUT2D eigenvalue weighted by Crippen LogP contribution is -2.23. The molecule has 1 aliphatic rings. The van der Waals surface area contributed by atoms with Gasteiger partial charge in [0.05, 0.1) is 0 Å². The summed E-state index contributed by atoms with van der Waals surface area (Å²) < 4.78 is 0. The number of hydrogen-bond donors (Lipinski definition) is 3. The summed E-state index contributed by atoms with van der Waals surface area (Å²) in [4.78, 5) is 11.3. The van der Waals surface area contributed by atoms with Crippen LogP contribution in [0.2, 0.25) is 0 Å². The van der Waals surface area contributed by atoms with Crippen LogP contribution in [0.25, 0.3) is 0 Å². The van der Waals surface area contributed by atoms with Gasteiger partial charge in [-0.05, 0) is 12.8 Å². The fourth-order valence-electron chi connectivity index (χ4n) is 1.38. The van der Waals surface area contributed by atoms with Gasteiger partial charge in [-0.3, -0.25) is 9.89 Å². The van der Waals surface area contributed by atoms with Crippen molar-refractivity contribution in [1.29, 1.82) is 0 Å². The molecule has 12 heavy (non-hydrogen) atoms. The highest BCUT2D eigenvalue weighted by Gasteiger charge is 2.19. The van der Waals surface area contributed by atoms with Crippen molar-refractivity contribution in [2.75, 3.05) is 12.3 Å². The van der Waals surface area contributed by atoms with Gasteiger partial charge in [-0.1, -0.05) is 0 Å². The number of carbonyl (C=O) groups is 1. The highest BCUT2D eigenvalue weighted by molar-refractivity contribution is 5.95. The molecule has 0 fully saturated rings. The summed E-state index contributed by atoms with van der Waals surface area (Å²) in [6, 6.07) is 0. The van der Waals surface area contributed by atoms with E-state index >= 15 is 0 Å². The Labute approximate surface area is 69.3 Å². The molecule has 2 heterocycles. The Kier molecular flexibility index (Phi) is 1.49. The third-order valence-corrected chi connectivity index (χ3v) is 2.02. The number of nitrogens with one attached hydrogen (secondary N) is 2. The summed E-state index contributed by atoms with van der Waals surface area (Å²) in [6.07, 6.45) is 1.74. The van der Waals surface area contributed by atoms with Gasteiger partial charge in [0.15, 0.2) is 0 Å². The van der Waals surface area contributed by atoms with Crippen LogP contribution in [0.1, 0.15) is 22.5 Å². The van der Waals surface area contributed by atoms with Gasteiger partial charge in [-0.15, -0.1) is 0 Å². The number of nitrogen functional groups attached to an aromatic ring is 1. The quantitative estimate of drug-likeness (QED) is 0.493. The lowest BCUT2D eigenvalue weighted by atomic mass is 10.1. The van der Waals surface area contributed by atoms with Crippen LogP contribution < -0.4 is 11.1 Å². The number of carbonyl (C=O) groups excluding carboxylic acids is 1. The number of nitrogens with two attached hydrogens (primary N) is 1. The normalized spacial score (nSPS) is 16.5. The third kappa shape index (κ3) is 0.939. The minimum absolute atomic E-state index is 0.105. The van der Waals surface area contributed by atoms with Gasteiger partial charge in [0, 0.05) is 12.1 Å². The Morgan fingerprint density at radius 2 is 2.33 bits per heavy atom. The van der Waals surface area contributed by atoms with Crippen LogP contribution in [-0.2, 0) is 6.42 Å². The van der Waals surface area contributed by atoms with Gasteiger partial charge in [-0.2, -0.15) is 5.10 Å². The topological polar surface area (TPSA) is 83.8 Å². The molecule has 5 heteroatoms. The lowest BCUT2D eigenvalue weighted by molar-refractivity contribution is 0.0951. The first-order valence-electron chi connectivity index (χ1n) is 3.90. The second-order valence-corrected chi connectivity index (χ2v) is 2.82. The molecule has 0 atom stereocenters. The fraction of sp³-hybridized carbons (Fsp3) is 0.429. The van der Waals surface area contributed by atoms with Crippen LogP contribution in [0.5, 0.6) is 0 Å². The molecule has 0 aliphatic carbocycles. The minimum Gasteiger partial charge on any atom is -0.382 e. The zero-order valence-electron chi connectivity index (χ0n) is 6.55. The van der Waals surface area contributed by atoms with Gasteiger partial charge in [0.2, 0.25) is 0 Å². The monoisotopic (exact) mass is 166 g/mol. The van der Waals surface area contributed by atoms with E-state index in [1.165, 1.54) is 0 Å². The highest BCUT2D eigenvalue weighted by atomic mass is 16.1. The number of rotatable bonds is 0. The standard InChI is InChI=1S/C7H10N4O/c8-6-4-2-1-3-9-7(12)5(4)10-11-6/h1-3H2,(H,9,12)(H3,8,10,11). The summed E-state index contributed by atoms with van der Waals surface area (Å²) in [7, 11) is 0. The Balaban J connectivity index is 2.47. The largest absolute Gasteiger partial charge is 0.382 e. The van der Waals surface area contributed by atoms with Crippen molar-refractivity contribution in [1.82, 2.24) is 15.5 Å². The van der Waals surface area contributed by atoms with E-state index in [4.69, 9.17) is 5.73 Å². The summed E-state index contributed by atoms with van der Waals surface area (Å²) in [5.41, 5.74) is 6.94. The Hall–Kier alpha value is -1.52. The van der Waals surface area contributed by atoms with Crippen LogP contribution >= 0.6 is 0 Å². The molecule has 0 bridgehead atoms. The Bertz CT molecular complexity index is 317. The maximum absolute atomic E-state index is 11.3. The van der Waals surface area contributed by atoms with Crippen LogP contribution in [0.3, 0.4) is 0 Å². The second kappa shape index (κ2) is 2.51. The first-order valence-corrected chi connectivity index (χ1v) is 3.90. The zero-order chi connectivity index (χ0) is 8.55. The summed E-state index contributed by atoms with van der Waals surface area (Å²) >= 11 is 0. The minimum atomic E-state index is -0.105. The van der Waals surface area contributed by atoms with Crippen molar-refractivity contribution in [2.24, 2.45) is 0 Å². The number of H-pyrrole nitrogens is 1. The van der Waals surface area contributed by atoms with Gasteiger partial charge >= 0.3 is 0 Å². The number of aromatic amines is 1. The van der Waals surface area contributed by atoms with Crippen molar-refractivity contribution in [3.8, 4) is 0 Å². The molecule has 0 unspecified atom stereocenters. The smallest absolute Gasteiger partial charge is 0.269 e. The SMILES string of the molecule is Nc1n[nH]c2c1CCCNC2=O. The van der Waals surface area contributed by atoms with Crippen LogP contribution in [0.4, 0.5) is 5.82 Å². The molecule has 0 spiro atoms. The number of fused-ring (bicyclic) bond motifs is 1. The molecule has 1 aromatic rings. The number of anilines is 1. The first-order chi connectivity index (χ1) is 5.79. The van der Waals surface area contributed by atoms with Crippen molar-refractivity contribution >= 4 is 11.7 Å². The Morgan fingerprint density at radius 3 is 3.17 bits per heavy atom. The Morgan fingerprint density at radius 1 is 1.50 bits per heavy atom. The molecule has 5 nitrogen and oxygen atoms in total. The predicted octanol–water partition coefficient (Wildman–Crippen LogP) is -0.332. The van der Waals surface area contributed by atoms with Crippen molar-refractivity contribution in [2.45, 2.75) is 12.8 Å². The third-order valence-electron chi connectivity index (χ3n) is 2.02. The van der Waals surface area contributed by atoms with Gasteiger partial charge in [0.1, 0.15) is 11.5 Å². The molecule has 1 amide bonds. The number of aromatic nitrogens is 2. The summed E-state index contributed by atoms with van der Waals surface area (Å²) in [6.45, 7) is 0.709. The summed E-state index contributed by atoms with van der Waals surface area (Å²) in [5.74, 6) is 0.341. The number of hydrogen-bond acceptors (Lipinski definition) is 3. The number of nitrogens with zero attached hydrogens (tertiary/aromatic N) is 1. The van der Waals surface area contributed by atoms with Gasteiger partial charge < -0.3 is 11.1 Å². The highest BCUT2D eigenvalue weighted by Crippen LogP contribution is 2.17. The molecular weight excluding hydrogens is 156 g/mol. The van der Waals surface area contributed by atoms with Crippen molar-refractivity contribution < 1.29 is 4.79 Å². The van der Waals surface area contributed by atoms with E-state index in [1.807, 2.05) is 0 Å². The van der Waals surface area contributed by atoms with E-state index in [0.717, 1.165) is 18.4 Å². The molecule has 64 valence electrons. The van der Waals surface area contributed by atoms with E-state index < -0.39 is 0 Å². The summed E-state index contributed by atoms with van der Waals surface area (Å²) in [5, 5.41) is 9.16. The lowest BCUT2D eigenvalue weighted by Gasteiger charge is -1.95. The van der Waals surface area contributed by atoms with E-state index in [1.54, 1.807) is 0 Å². The van der Waals surface area contributed by atoms with E-state index in [2.05, 4.69) is 15.5 Å². The first kappa shape index (κ1) is 7.15. The van der Waals surface area contributed by atoms with Gasteiger partial charge in [0.25, 0.3) is 5.91 Å². The maximum atomic E-state index is 11.3. The van der Waals surface area contributed by atoms with E-state index in [0.29, 0.717) is 18.1 Å². The van der Waals surface area contributed by atoms with Crippen LogP contribution in [-0.4, -0.2) is 22.6 Å². The fourth-order valence-corrected chi connectivity index (χ4v) is 1.38. The predicted molar refractivity (Wildman–Crippen MR) is 43.7 cm³/mol. The van der Waals surface area contributed by atoms with Crippen molar-refractivity contribution in [3.05, 3.63) is 11.3 Å². The maximum Gasteiger partial charge on any atom is 0.269 e. The molecule has 1 aromatic heterocycles.